The highest BCUT2D eigenvalue weighted by Gasteiger charge is 2.22. The minimum atomic E-state index is -0.189. The summed E-state index contributed by atoms with van der Waals surface area (Å²) in [7, 11) is 0. The molecule has 0 spiro atoms. The molecule has 1 saturated carbocycles. The molecule has 1 aromatic heterocycles. The Morgan fingerprint density at radius 3 is 3.07 bits per heavy atom. The highest BCUT2D eigenvalue weighted by Crippen LogP contribution is 2.33. The van der Waals surface area contributed by atoms with E-state index >= 15 is 0 Å². The zero-order valence-electron chi connectivity index (χ0n) is 7.94. The molecule has 0 aliphatic heterocycles. The Hall–Kier alpha value is -1.58. The normalized spacial score (nSPS) is 16.0. The van der Waals surface area contributed by atoms with Crippen molar-refractivity contribution < 1.29 is 4.79 Å². The molecule has 2 rings (SSSR count). The first-order chi connectivity index (χ1) is 6.81. The summed E-state index contributed by atoms with van der Waals surface area (Å²) in [5.74, 6) is 0.575. The molecule has 1 amide bonds. The van der Waals surface area contributed by atoms with Crippen molar-refractivity contribution in [2.45, 2.75) is 25.3 Å². The van der Waals surface area contributed by atoms with Crippen LogP contribution in [0.4, 0.5) is 5.82 Å². The number of nitrogens with zero attached hydrogens (tertiary/aromatic N) is 2. The number of nitrogens with one attached hydrogen (secondary N) is 1. The SMILES string of the molecule is C=CC(=O)Nc1ccnn1C1CCC1. The monoisotopic (exact) mass is 191 g/mol. The fraction of sp³-hybridized carbons (Fsp3) is 0.400. The van der Waals surface area contributed by atoms with Crippen LogP contribution in [0.2, 0.25) is 0 Å². The Balaban J connectivity index is 2.12. The van der Waals surface area contributed by atoms with Crippen LogP contribution < -0.4 is 5.32 Å². The maximum Gasteiger partial charge on any atom is 0.248 e. The molecule has 1 aliphatic rings. The van der Waals surface area contributed by atoms with E-state index in [0.717, 1.165) is 18.7 Å². The molecule has 14 heavy (non-hydrogen) atoms. The topological polar surface area (TPSA) is 46.9 Å². The van der Waals surface area contributed by atoms with Crippen LogP contribution in [0.1, 0.15) is 25.3 Å². The van der Waals surface area contributed by atoms with E-state index in [0.29, 0.717) is 6.04 Å². The highest BCUT2D eigenvalue weighted by atomic mass is 16.1. The first-order valence-electron chi connectivity index (χ1n) is 4.78. The summed E-state index contributed by atoms with van der Waals surface area (Å²) in [5.41, 5.74) is 0. The van der Waals surface area contributed by atoms with Gasteiger partial charge in [0.25, 0.3) is 0 Å². The average molecular weight is 191 g/mol. The van der Waals surface area contributed by atoms with Gasteiger partial charge in [-0.15, -0.1) is 0 Å². The van der Waals surface area contributed by atoms with Gasteiger partial charge in [0.2, 0.25) is 5.91 Å². The lowest BCUT2D eigenvalue weighted by atomic mass is 9.93. The third-order valence-electron chi connectivity index (χ3n) is 2.53. The molecule has 4 heteroatoms. The van der Waals surface area contributed by atoms with E-state index in [1.165, 1.54) is 12.5 Å². The largest absolute Gasteiger partial charge is 0.307 e. The summed E-state index contributed by atoms with van der Waals surface area (Å²) in [4.78, 5) is 11.1. The van der Waals surface area contributed by atoms with Gasteiger partial charge in [-0.25, -0.2) is 4.68 Å². The molecular formula is C10H13N3O. The van der Waals surface area contributed by atoms with Gasteiger partial charge in [-0.05, 0) is 25.3 Å². The van der Waals surface area contributed by atoms with Gasteiger partial charge in [0, 0.05) is 6.07 Å². The Morgan fingerprint density at radius 1 is 1.71 bits per heavy atom. The Morgan fingerprint density at radius 2 is 2.50 bits per heavy atom. The smallest absolute Gasteiger partial charge is 0.248 e. The molecule has 74 valence electrons. The Bertz CT molecular complexity index is 352. The van der Waals surface area contributed by atoms with Gasteiger partial charge in [-0.1, -0.05) is 6.58 Å². The van der Waals surface area contributed by atoms with Crippen molar-refractivity contribution >= 4 is 11.7 Å². The van der Waals surface area contributed by atoms with Gasteiger partial charge in [-0.3, -0.25) is 4.79 Å². The van der Waals surface area contributed by atoms with Crippen molar-refractivity contribution in [3.05, 3.63) is 24.9 Å². The zero-order valence-corrected chi connectivity index (χ0v) is 7.94. The van der Waals surface area contributed by atoms with Crippen LogP contribution >= 0.6 is 0 Å². The number of rotatable bonds is 3. The first-order valence-corrected chi connectivity index (χ1v) is 4.78. The molecule has 1 N–H and O–H groups in total. The summed E-state index contributed by atoms with van der Waals surface area (Å²) in [6.07, 6.45) is 6.52. The van der Waals surface area contributed by atoms with E-state index in [-0.39, 0.29) is 5.91 Å². The molecule has 0 bridgehead atoms. The molecule has 1 aliphatic carbocycles. The van der Waals surface area contributed by atoms with E-state index in [1.54, 1.807) is 12.3 Å². The van der Waals surface area contributed by atoms with E-state index < -0.39 is 0 Å². The molecule has 0 unspecified atom stereocenters. The molecule has 0 atom stereocenters. The fourth-order valence-corrected chi connectivity index (χ4v) is 1.51. The molecule has 4 nitrogen and oxygen atoms in total. The van der Waals surface area contributed by atoms with Crippen molar-refractivity contribution in [3.63, 3.8) is 0 Å². The lowest BCUT2D eigenvalue weighted by Gasteiger charge is -2.27. The predicted molar refractivity (Wildman–Crippen MR) is 53.9 cm³/mol. The van der Waals surface area contributed by atoms with Crippen molar-refractivity contribution in [1.29, 1.82) is 0 Å². The number of hydrogen-bond donors (Lipinski definition) is 1. The van der Waals surface area contributed by atoms with E-state index in [4.69, 9.17) is 0 Å². The molecule has 1 aromatic rings. The van der Waals surface area contributed by atoms with Gasteiger partial charge in [0.1, 0.15) is 5.82 Å². The molecule has 1 fully saturated rings. The predicted octanol–water partition coefficient (Wildman–Crippen LogP) is 1.73. The zero-order chi connectivity index (χ0) is 9.97. The summed E-state index contributed by atoms with van der Waals surface area (Å²) in [5, 5.41) is 6.93. The van der Waals surface area contributed by atoms with Crippen molar-refractivity contribution in [3.8, 4) is 0 Å². The highest BCUT2D eigenvalue weighted by molar-refractivity contribution is 5.98. The minimum Gasteiger partial charge on any atom is -0.307 e. The second-order valence-corrected chi connectivity index (χ2v) is 3.44. The van der Waals surface area contributed by atoms with E-state index in [2.05, 4.69) is 17.0 Å². The van der Waals surface area contributed by atoms with Crippen LogP contribution in [0.25, 0.3) is 0 Å². The van der Waals surface area contributed by atoms with Crippen LogP contribution in [0.3, 0.4) is 0 Å². The number of hydrogen-bond acceptors (Lipinski definition) is 2. The van der Waals surface area contributed by atoms with E-state index in [9.17, 15) is 4.79 Å². The number of anilines is 1. The first kappa shape index (κ1) is 8.99. The summed E-state index contributed by atoms with van der Waals surface area (Å²) < 4.78 is 1.88. The van der Waals surface area contributed by atoms with Crippen LogP contribution in [-0.2, 0) is 4.79 Å². The van der Waals surface area contributed by atoms with Crippen LogP contribution in [0.15, 0.2) is 24.9 Å². The summed E-state index contributed by atoms with van der Waals surface area (Å²) >= 11 is 0. The summed E-state index contributed by atoms with van der Waals surface area (Å²) in [6.45, 7) is 3.41. The van der Waals surface area contributed by atoms with Crippen LogP contribution in [0.5, 0.6) is 0 Å². The number of aromatic nitrogens is 2. The fourth-order valence-electron chi connectivity index (χ4n) is 1.51. The lowest BCUT2D eigenvalue weighted by Crippen LogP contribution is -2.21. The van der Waals surface area contributed by atoms with Gasteiger partial charge >= 0.3 is 0 Å². The molecule has 0 saturated heterocycles. The lowest BCUT2D eigenvalue weighted by molar-refractivity contribution is -0.111. The summed E-state index contributed by atoms with van der Waals surface area (Å²) in [6, 6.07) is 2.27. The van der Waals surface area contributed by atoms with Gasteiger partial charge in [-0.2, -0.15) is 5.10 Å². The molecular weight excluding hydrogens is 178 g/mol. The van der Waals surface area contributed by atoms with Gasteiger partial charge in [0.15, 0.2) is 0 Å². The second kappa shape index (κ2) is 3.65. The number of carbonyl (C=O) groups excluding carboxylic acids is 1. The number of carbonyl (C=O) groups is 1. The second-order valence-electron chi connectivity index (χ2n) is 3.44. The van der Waals surface area contributed by atoms with Gasteiger partial charge < -0.3 is 5.32 Å². The Labute approximate surface area is 82.6 Å². The van der Waals surface area contributed by atoms with Crippen molar-refractivity contribution in [2.24, 2.45) is 0 Å². The standard InChI is InChI=1S/C10H13N3O/c1-2-10(14)12-9-6-7-11-13(9)8-4-3-5-8/h2,6-8H,1,3-5H2,(H,12,14). The third-order valence-corrected chi connectivity index (χ3v) is 2.53. The number of amides is 1. The molecule has 0 aromatic carbocycles. The average Bonchev–Trinajstić information content (AvgIpc) is 2.50. The maximum absolute atomic E-state index is 11.1. The maximum atomic E-state index is 11.1. The van der Waals surface area contributed by atoms with Crippen molar-refractivity contribution in [1.82, 2.24) is 9.78 Å². The third kappa shape index (κ3) is 1.55. The van der Waals surface area contributed by atoms with Crippen LogP contribution in [-0.4, -0.2) is 15.7 Å². The van der Waals surface area contributed by atoms with Gasteiger partial charge in [0.05, 0.1) is 12.2 Å². The quantitative estimate of drug-likeness (QED) is 0.739. The molecule has 0 radical (unpaired) electrons. The minimum absolute atomic E-state index is 0.189. The van der Waals surface area contributed by atoms with E-state index in [1.807, 2.05) is 4.68 Å². The van der Waals surface area contributed by atoms with Crippen LogP contribution in [0, 0.1) is 0 Å². The molecule has 1 heterocycles. The van der Waals surface area contributed by atoms with Crippen molar-refractivity contribution in [2.75, 3.05) is 5.32 Å². The Kier molecular flexibility index (Phi) is 2.35.